The van der Waals surface area contributed by atoms with Gasteiger partial charge in [-0.2, -0.15) is 0 Å². The topological polar surface area (TPSA) is 57.7 Å². The van der Waals surface area contributed by atoms with Crippen molar-refractivity contribution in [1.82, 2.24) is 9.80 Å². The number of carbonyl (C=O) groups is 3. The summed E-state index contributed by atoms with van der Waals surface area (Å²) in [5, 5.41) is 0. The molecular weight excluding hydrogens is 340 g/mol. The number of fused-ring (bicyclic) bond motifs is 1. The molecule has 0 N–H and O–H groups in total. The number of rotatable bonds is 6. The second-order valence-corrected chi connectivity index (χ2v) is 6.75. The van der Waals surface area contributed by atoms with Crippen LogP contribution in [0.15, 0.2) is 48.5 Å². The van der Waals surface area contributed by atoms with Crippen LogP contribution in [-0.2, 0) is 11.2 Å². The number of hydrogen-bond donors (Lipinski definition) is 0. The van der Waals surface area contributed by atoms with Gasteiger partial charge in [-0.25, -0.2) is 0 Å². The molecule has 2 aromatic rings. The minimum absolute atomic E-state index is 0.198. The van der Waals surface area contributed by atoms with E-state index in [1.807, 2.05) is 45.0 Å². The summed E-state index contributed by atoms with van der Waals surface area (Å²) in [4.78, 5) is 41.9. The van der Waals surface area contributed by atoms with Crippen LogP contribution in [0, 0.1) is 6.92 Å². The molecule has 0 aromatic heterocycles. The highest BCUT2D eigenvalue weighted by atomic mass is 16.2. The lowest BCUT2D eigenvalue weighted by Gasteiger charge is -2.30. The van der Waals surface area contributed by atoms with Gasteiger partial charge in [0.15, 0.2) is 0 Å². The second-order valence-electron chi connectivity index (χ2n) is 6.75. The van der Waals surface area contributed by atoms with Crippen LogP contribution in [0.2, 0.25) is 0 Å². The van der Waals surface area contributed by atoms with Gasteiger partial charge in [0.1, 0.15) is 6.04 Å². The van der Waals surface area contributed by atoms with E-state index in [4.69, 9.17) is 0 Å². The number of carbonyl (C=O) groups excluding carboxylic acids is 3. The Balaban J connectivity index is 2.01. The van der Waals surface area contributed by atoms with Crippen molar-refractivity contribution in [1.29, 1.82) is 0 Å². The Kier molecular flexibility index (Phi) is 5.40. The van der Waals surface area contributed by atoms with Gasteiger partial charge in [0, 0.05) is 19.5 Å². The minimum Gasteiger partial charge on any atom is -0.341 e. The number of hydrogen-bond acceptors (Lipinski definition) is 3. The van der Waals surface area contributed by atoms with Crippen LogP contribution in [-0.4, -0.2) is 46.7 Å². The molecule has 0 fully saturated rings. The smallest absolute Gasteiger partial charge is 0.262 e. The van der Waals surface area contributed by atoms with E-state index in [9.17, 15) is 14.4 Å². The molecule has 0 aliphatic carbocycles. The third-order valence-electron chi connectivity index (χ3n) is 5.01. The van der Waals surface area contributed by atoms with Crippen LogP contribution in [0.1, 0.15) is 45.7 Å². The molecule has 1 atom stereocenters. The lowest BCUT2D eigenvalue weighted by Crippen LogP contribution is -2.52. The molecule has 27 heavy (non-hydrogen) atoms. The molecule has 0 saturated heterocycles. The summed E-state index contributed by atoms with van der Waals surface area (Å²) >= 11 is 0. The fourth-order valence-corrected chi connectivity index (χ4v) is 3.59. The molecule has 0 radical (unpaired) electrons. The van der Waals surface area contributed by atoms with Gasteiger partial charge in [-0.3, -0.25) is 19.3 Å². The third-order valence-corrected chi connectivity index (χ3v) is 5.01. The van der Waals surface area contributed by atoms with Crippen molar-refractivity contribution in [3.05, 3.63) is 70.8 Å². The summed E-state index contributed by atoms with van der Waals surface area (Å²) in [7, 11) is 0. The van der Waals surface area contributed by atoms with Crippen molar-refractivity contribution < 1.29 is 14.4 Å². The average molecular weight is 364 g/mol. The summed E-state index contributed by atoms with van der Waals surface area (Å²) in [5.74, 6) is -0.987. The van der Waals surface area contributed by atoms with E-state index in [-0.39, 0.29) is 5.91 Å². The van der Waals surface area contributed by atoms with E-state index in [1.165, 1.54) is 0 Å². The largest absolute Gasteiger partial charge is 0.341 e. The lowest BCUT2D eigenvalue weighted by atomic mass is 10.0. The molecule has 0 saturated carbocycles. The summed E-state index contributed by atoms with van der Waals surface area (Å²) in [6.45, 7) is 6.83. The molecule has 1 aliphatic heterocycles. The molecule has 3 rings (SSSR count). The minimum atomic E-state index is -0.848. The van der Waals surface area contributed by atoms with Crippen molar-refractivity contribution >= 4 is 17.7 Å². The second kappa shape index (κ2) is 7.74. The quantitative estimate of drug-likeness (QED) is 0.740. The van der Waals surface area contributed by atoms with Gasteiger partial charge in [-0.15, -0.1) is 0 Å². The van der Waals surface area contributed by atoms with Crippen molar-refractivity contribution in [2.45, 2.75) is 33.2 Å². The van der Waals surface area contributed by atoms with Gasteiger partial charge in [0.25, 0.3) is 11.8 Å². The summed E-state index contributed by atoms with van der Waals surface area (Å²) in [6.07, 6.45) is 0.308. The molecule has 3 amide bonds. The number of nitrogens with zero attached hydrogens (tertiary/aromatic N) is 2. The third kappa shape index (κ3) is 3.50. The standard InChI is InChI=1S/C22H24N2O3/c1-4-23(5-2)22(27)19(14-16-10-8-9-15(3)13-16)24-20(25)17-11-6-7-12-18(17)21(24)26/h6-13,19H,4-5,14H2,1-3H3. The maximum absolute atomic E-state index is 13.2. The first kappa shape index (κ1) is 18.8. The molecule has 1 heterocycles. The highest BCUT2D eigenvalue weighted by molar-refractivity contribution is 6.22. The van der Waals surface area contributed by atoms with Crippen LogP contribution in [0.25, 0.3) is 0 Å². The summed E-state index contributed by atoms with van der Waals surface area (Å²) in [6, 6.07) is 13.7. The van der Waals surface area contributed by atoms with Crippen molar-refractivity contribution in [3.8, 4) is 0 Å². The van der Waals surface area contributed by atoms with Crippen LogP contribution < -0.4 is 0 Å². The Morgan fingerprint density at radius 1 is 0.963 bits per heavy atom. The average Bonchev–Trinajstić information content (AvgIpc) is 2.92. The Morgan fingerprint density at radius 3 is 2.07 bits per heavy atom. The van der Waals surface area contributed by atoms with Crippen LogP contribution >= 0.6 is 0 Å². The van der Waals surface area contributed by atoms with Crippen LogP contribution in [0.4, 0.5) is 0 Å². The summed E-state index contributed by atoms with van der Waals surface area (Å²) in [5.41, 5.74) is 2.73. The molecule has 5 heteroatoms. The van der Waals surface area contributed by atoms with Gasteiger partial charge >= 0.3 is 0 Å². The van der Waals surface area contributed by atoms with Gasteiger partial charge < -0.3 is 4.90 Å². The molecule has 2 aromatic carbocycles. The molecule has 5 nitrogen and oxygen atoms in total. The number of amides is 3. The maximum atomic E-state index is 13.2. The maximum Gasteiger partial charge on any atom is 0.262 e. The normalized spacial score (nSPS) is 14.3. The van der Waals surface area contributed by atoms with Crippen molar-refractivity contribution in [3.63, 3.8) is 0 Å². The van der Waals surface area contributed by atoms with Crippen molar-refractivity contribution in [2.24, 2.45) is 0 Å². The number of imide groups is 1. The van der Waals surface area contributed by atoms with E-state index < -0.39 is 17.9 Å². The molecule has 1 aliphatic rings. The SMILES string of the molecule is CCN(CC)C(=O)C(Cc1cccc(C)c1)N1C(=O)c2ccccc2C1=O. The van der Waals surface area contributed by atoms with E-state index in [0.29, 0.717) is 30.6 Å². The number of benzene rings is 2. The highest BCUT2D eigenvalue weighted by Crippen LogP contribution is 2.27. The zero-order valence-electron chi connectivity index (χ0n) is 15.9. The first-order chi connectivity index (χ1) is 13.0. The molecule has 1 unspecified atom stereocenters. The Hall–Kier alpha value is -2.95. The number of aryl methyl sites for hydroxylation is 1. The van der Waals surface area contributed by atoms with Gasteiger partial charge in [-0.1, -0.05) is 42.0 Å². The fraction of sp³-hybridized carbons (Fsp3) is 0.318. The Labute approximate surface area is 159 Å². The zero-order valence-corrected chi connectivity index (χ0v) is 15.9. The van der Waals surface area contributed by atoms with Gasteiger partial charge in [0.2, 0.25) is 5.91 Å². The zero-order chi connectivity index (χ0) is 19.6. The van der Waals surface area contributed by atoms with Crippen LogP contribution in [0.3, 0.4) is 0 Å². The monoisotopic (exact) mass is 364 g/mol. The fourth-order valence-electron chi connectivity index (χ4n) is 3.59. The van der Waals surface area contributed by atoms with E-state index >= 15 is 0 Å². The highest BCUT2D eigenvalue weighted by Gasteiger charge is 2.43. The molecular formula is C22H24N2O3. The first-order valence-corrected chi connectivity index (χ1v) is 9.29. The molecule has 140 valence electrons. The summed E-state index contributed by atoms with van der Waals surface area (Å²) < 4.78 is 0. The predicted octanol–water partition coefficient (Wildman–Crippen LogP) is 3.07. The van der Waals surface area contributed by atoms with E-state index in [2.05, 4.69) is 0 Å². The van der Waals surface area contributed by atoms with E-state index in [0.717, 1.165) is 16.0 Å². The van der Waals surface area contributed by atoms with Gasteiger partial charge in [-0.05, 0) is 38.5 Å². The first-order valence-electron chi connectivity index (χ1n) is 9.29. The number of likely N-dealkylation sites (N-methyl/N-ethyl adjacent to an activating group) is 1. The Morgan fingerprint density at radius 2 is 1.56 bits per heavy atom. The Bertz CT molecular complexity index is 852. The molecule has 0 spiro atoms. The predicted molar refractivity (Wildman–Crippen MR) is 104 cm³/mol. The van der Waals surface area contributed by atoms with Crippen molar-refractivity contribution in [2.75, 3.05) is 13.1 Å². The van der Waals surface area contributed by atoms with Crippen LogP contribution in [0.5, 0.6) is 0 Å². The van der Waals surface area contributed by atoms with E-state index in [1.54, 1.807) is 29.2 Å². The lowest BCUT2D eigenvalue weighted by molar-refractivity contribution is -0.135. The molecule has 0 bridgehead atoms. The van der Waals surface area contributed by atoms with Gasteiger partial charge in [0.05, 0.1) is 11.1 Å².